The third-order valence-corrected chi connectivity index (χ3v) is 1.96. The summed E-state index contributed by atoms with van der Waals surface area (Å²) in [5.41, 5.74) is -2.37. The number of nitrogens with zero attached hydrogens (tertiary/aromatic N) is 1. The van der Waals surface area contributed by atoms with Gasteiger partial charge in [0.25, 0.3) is 0 Å². The minimum absolute atomic E-state index is 0.393. The second-order valence-electron chi connectivity index (χ2n) is 3.02. The second kappa shape index (κ2) is 4.33. The molecule has 0 saturated carbocycles. The molecule has 0 unspecified atom stereocenters. The first kappa shape index (κ1) is 12.8. The molecular weight excluding hydrogens is 239 g/mol. The average molecular weight is 245 g/mol. The number of carboxylic acid groups (broad SMARTS) is 1. The number of rotatable bonds is 2. The molecule has 0 aromatic heterocycles. The number of methoxy groups -OCH3 is 1. The van der Waals surface area contributed by atoms with Gasteiger partial charge in [-0.1, -0.05) is 0 Å². The van der Waals surface area contributed by atoms with E-state index in [-0.39, 0.29) is 0 Å². The Balaban J connectivity index is 3.64. The van der Waals surface area contributed by atoms with Crippen molar-refractivity contribution in [3.05, 3.63) is 28.8 Å². The monoisotopic (exact) mass is 245 g/mol. The predicted molar refractivity (Wildman–Crippen MR) is 49.7 cm³/mol. The molecule has 0 spiro atoms. The van der Waals surface area contributed by atoms with Gasteiger partial charge in [0.2, 0.25) is 0 Å². The van der Waals surface area contributed by atoms with Crippen molar-refractivity contribution in [1.82, 2.24) is 0 Å². The van der Waals surface area contributed by atoms with Gasteiger partial charge < -0.3 is 9.84 Å². The molecule has 0 radical (unpaired) electrons. The summed E-state index contributed by atoms with van der Waals surface area (Å²) in [4.78, 5) is 10.8. The number of hydrogen-bond acceptors (Lipinski definition) is 3. The Kier molecular flexibility index (Phi) is 3.27. The zero-order valence-electron chi connectivity index (χ0n) is 8.50. The van der Waals surface area contributed by atoms with Crippen LogP contribution in [-0.4, -0.2) is 18.2 Å². The van der Waals surface area contributed by atoms with Crippen LogP contribution < -0.4 is 4.74 Å². The molecule has 90 valence electrons. The van der Waals surface area contributed by atoms with Crippen LogP contribution in [0.1, 0.15) is 21.5 Å². The number of carbonyl (C=O) groups is 1. The minimum atomic E-state index is -4.79. The molecule has 0 aliphatic carbocycles. The number of hydrogen-bond donors (Lipinski definition) is 1. The first-order valence-corrected chi connectivity index (χ1v) is 4.24. The van der Waals surface area contributed by atoms with Gasteiger partial charge in [0.1, 0.15) is 11.3 Å². The van der Waals surface area contributed by atoms with Crippen molar-refractivity contribution in [3.63, 3.8) is 0 Å². The molecule has 0 atom stereocenters. The van der Waals surface area contributed by atoms with E-state index in [9.17, 15) is 18.0 Å². The summed E-state index contributed by atoms with van der Waals surface area (Å²) < 4.78 is 42.3. The van der Waals surface area contributed by atoms with E-state index in [1.165, 1.54) is 6.07 Å². The smallest absolute Gasteiger partial charge is 0.420 e. The van der Waals surface area contributed by atoms with E-state index in [0.717, 1.165) is 13.2 Å². The number of carboxylic acids is 1. The van der Waals surface area contributed by atoms with E-state index < -0.39 is 34.6 Å². The summed E-state index contributed by atoms with van der Waals surface area (Å²) in [7, 11) is 0.934. The van der Waals surface area contributed by atoms with Gasteiger partial charge >= 0.3 is 12.1 Å². The number of alkyl halides is 3. The van der Waals surface area contributed by atoms with Gasteiger partial charge in [-0.3, -0.25) is 0 Å². The van der Waals surface area contributed by atoms with Gasteiger partial charge in [0, 0.05) is 0 Å². The van der Waals surface area contributed by atoms with Crippen LogP contribution in [0.25, 0.3) is 0 Å². The molecule has 1 aromatic carbocycles. The van der Waals surface area contributed by atoms with E-state index in [0.29, 0.717) is 6.07 Å². The Hall–Kier alpha value is -2.23. The average Bonchev–Trinajstić information content (AvgIpc) is 2.25. The van der Waals surface area contributed by atoms with Crippen LogP contribution in [0.5, 0.6) is 5.75 Å². The molecule has 17 heavy (non-hydrogen) atoms. The van der Waals surface area contributed by atoms with Crippen molar-refractivity contribution >= 4 is 5.97 Å². The Morgan fingerprint density at radius 1 is 1.47 bits per heavy atom. The lowest BCUT2D eigenvalue weighted by Crippen LogP contribution is -2.12. The van der Waals surface area contributed by atoms with Gasteiger partial charge in [-0.05, 0) is 12.1 Å². The molecule has 1 aromatic rings. The number of nitriles is 1. The summed E-state index contributed by atoms with van der Waals surface area (Å²) in [5.74, 6) is -2.39. The Bertz CT molecular complexity index is 503. The molecule has 0 aliphatic rings. The van der Waals surface area contributed by atoms with Crippen molar-refractivity contribution in [2.45, 2.75) is 6.18 Å². The number of halogens is 3. The highest BCUT2D eigenvalue weighted by atomic mass is 19.4. The molecule has 1 N–H and O–H groups in total. The standard InChI is InChI=1S/C10H6F3NO3/c1-17-8-6(9(15)16)2-5(4-14)3-7(8)10(11,12)13/h2-3H,1H3,(H,15,16). The number of benzene rings is 1. The summed E-state index contributed by atoms with van der Waals surface area (Å²) >= 11 is 0. The third-order valence-electron chi connectivity index (χ3n) is 1.96. The van der Waals surface area contributed by atoms with Crippen molar-refractivity contribution in [3.8, 4) is 11.8 Å². The van der Waals surface area contributed by atoms with Gasteiger partial charge in [-0.15, -0.1) is 0 Å². The second-order valence-corrected chi connectivity index (χ2v) is 3.02. The Labute approximate surface area is 93.8 Å². The molecule has 0 bridgehead atoms. The van der Waals surface area contributed by atoms with E-state index in [1.54, 1.807) is 0 Å². The van der Waals surface area contributed by atoms with Crippen LogP contribution in [0.2, 0.25) is 0 Å². The topological polar surface area (TPSA) is 70.3 Å². The van der Waals surface area contributed by atoms with Crippen molar-refractivity contribution in [2.75, 3.05) is 7.11 Å². The first-order chi connectivity index (χ1) is 7.81. The maximum Gasteiger partial charge on any atom is 0.420 e. The minimum Gasteiger partial charge on any atom is -0.495 e. The molecule has 1 rings (SSSR count). The van der Waals surface area contributed by atoms with E-state index in [4.69, 9.17) is 10.4 Å². The fourth-order valence-corrected chi connectivity index (χ4v) is 1.28. The predicted octanol–water partition coefficient (Wildman–Crippen LogP) is 2.28. The zero-order valence-corrected chi connectivity index (χ0v) is 8.50. The van der Waals surface area contributed by atoms with Crippen LogP contribution in [0.4, 0.5) is 13.2 Å². The maximum absolute atomic E-state index is 12.6. The van der Waals surface area contributed by atoms with E-state index >= 15 is 0 Å². The highest BCUT2D eigenvalue weighted by Gasteiger charge is 2.37. The van der Waals surface area contributed by atoms with Gasteiger partial charge in [0.15, 0.2) is 0 Å². The molecule has 0 fully saturated rings. The Morgan fingerprint density at radius 2 is 2.06 bits per heavy atom. The fraction of sp³-hybridized carbons (Fsp3) is 0.200. The lowest BCUT2D eigenvalue weighted by Gasteiger charge is -2.14. The lowest BCUT2D eigenvalue weighted by atomic mass is 10.0. The molecule has 0 aliphatic heterocycles. The summed E-state index contributed by atoms with van der Waals surface area (Å²) in [6, 6.07) is 2.84. The highest BCUT2D eigenvalue weighted by Crippen LogP contribution is 2.38. The zero-order chi connectivity index (χ0) is 13.2. The van der Waals surface area contributed by atoms with Crippen molar-refractivity contribution in [1.29, 1.82) is 5.26 Å². The highest BCUT2D eigenvalue weighted by molar-refractivity contribution is 5.92. The summed E-state index contributed by atoms with van der Waals surface area (Å²) in [5, 5.41) is 17.3. The van der Waals surface area contributed by atoms with E-state index in [1.807, 2.05) is 0 Å². The van der Waals surface area contributed by atoms with E-state index in [2.05, 4.69) is 4.74 Å². The van der Waals surface area contributed by atoms with Gasteiger partial charge in [-0.25, -0.2) is 4.79 Å². The lowest BCUT2D eigenvalue weighted by molar-refractivity contribution is -0.138. The third kappa shape index (κ3) is 2.47. The largest absolute Gasteiger partial charge is 0.495 e. The Morgan fingerprint density at radius 3 is 2.41 bits per heavy atom. The molecular formula is C10H6F3NO3. The quantitative estimate of drug-likeness (QED) is 0.867. The van der Waals surface area contributed by atoms with Crippen LogP contribution >= 0.6 is 0 Å². The van der Waals surface area contributed by atoms with Gasteiger partial charge in [0.05, 0.1) is 24.3 Å². The normalized spacial score (nSPS) is 10.8. The summed E-state index contributed by atoms with van der Waals surface area (Å²) in [6.07, 6.45) is -4.79. The van der Waals surface area contributed by atoms with Crippen molar-refractivity contribution < 1.29 is 27.8 Å². The van der Waals surface area contributed by atoms with Crippen molar-refractivity contribution in [2.24, 2.45) is 0 Å². The first-order valence-electron chi connectivity index (χ1n) is 4.24. The maximum atomic E-state index is 12.6. The molecule has 4 nitrogen and oxygen atoms in total. The van der Waals surface area contributed by atoms with Crippen LogP contribution in [0.3, 0.4) is 0 Å². The number of aromatic carboxylic acids is 1. The fourth-order valence-electron chi connectivity index (χ4n) is 1.28. The number of ether oxygens (including phenoxy) is 1. The van der Waals surface area contributed by atoms with Crippen LogP contribution in [0, 0.1) is 11.3 Å². The summed E-state index contributed by atoms with van der Waals surface area (Å²) in [6.45, 7) is 0. The van der Waals surface area contributed by atoms with Crippen LogP contribution in [-0.2, 0) is 6.18 Å². The molecule has 7 heteroatoms. The molecule has 0 heterocycles. The molecule has 0 saturated heterocycles. The van der Waals surface area contributed by atoms with Gasteiger partial charge in [-0.2, -0.15) is 18.4 Å². The molecule has 0 amide bonds. The van der Waals surface area contributed by atoms with Crippen LogP contribution in [0.15, 0.2) is 12.1 Å². The SMILES string of the molecule is COc1c(C(=O)O)cc(C#N)cc1C(F)(F)F.